The van der Waals surface area contributed by atoms with Gasteiger partial charge in [-0.3, -0.25) is 4.79 Å². The van der Waals surface area contributed by atoms with E-state index in [9.17, 15) is 9.18 Å². The minimum absolute atomic E-state index is 0.142. The molecule has 0 saturated heterocycles. The average Bonchev–Trinajstić information content (AvgIpc) is 2.24. The molecule has 0 heterocycles. The zero-order valence-corrected chi connectivity index (χ0v) is 9.74. The monoisotopic (exact) mass is 240 g/mol. The van der Waals surface area contributed by atoms with Crippen LogP contribution in [-0.4, -0.2) is 30.2 Å². The number of carbonyl (C=O) groups excluding carboxylic acids is 1. The molecule has 0 saturated carbocycles. The van der Waals surface area contributed by atoms with Crippen molar-refractivity contribution in [2.75, 3.05) is 18.4 Å². The summed E-state index contributed by atoms with van der Waals surface area (Å²) < 4.78 is 12.8. The molecule has 0 radical (unpaired) electrons. The number of anilines is 1. The molecule has 0 aliphatic carbocycles. The molecular weight excluding hydrogens is 223 g/mol. The average molecular weight is 240 g/mol. The Morgan fingerprint density at radius 1 is 1.53 bits per heavy atom. The molecule has 5 heteroatoms. The normalized spacial score (nSPS) is 12.2. The van der Waals surface area contributed by atoms with Crippen LogP contribution >= 0.6 is 0 Å². The van der Waals surface area contributed by atoms with E-state index in [1.165, 1.54) is 18.2 Å². The number of nitrogens with one attached hydrogen (secondary N) is 2. The van der Waals surface area contributed by atoms with Crippen LogP contribution in [0.4, 0.5) is 10.1 Å². The third kappa shape index (κ3) is 5.99. The summed E-state index contributed by atoms with van der Waals surface area (Å²) in [5.74, 6) is -0.619. The van der Waals surface area contributed by atoms with Crippen LogP contribution in [0.25, 0.3) is 0 Å². The topological polar surface area (TPSA) is 61.4 Å². The van der Waals surface area contributed by atoms with Crippen molar-refractivity contribution in [2.45, 2.75) is 19.4 Å². The smallest absolute Gasteiger partial charge is 0.238 e. The summed E-state index contributed by atoms with van der Waals surface area (Å²) in [5.41, 5.74) is 0.437. The summed E-state index contributed by atoms with van der Waals surface area (Å²) in [4.78, 5) is 11.4. The maximum atomic E-state index is 12.8. The summed E-state index contributed by atoms with van der Waals surface area (Å²) in [6, 6.07) is 5.73. The van der Waals surface area contributed by atoms with E-state index in [0.717, 1.165) is 0 Å². The summed E-state index contributed by atoms with van der Waals surface area (Å²) in [6.45, 7) is 2.39. The summed E-state index contributed by atoms with van der Waals surface area (Å²) in [6.07, 6.45) is 0.210. The molecule has 0 aliphatic heterocycles. The molecule has 17 heavy (non-hydrogen) atoms. The van der Waals surface area contributed by atoms with Gasteiger partial charge in [0, 0.05) is 5.69 Å². The Labute approximate surface area is 99.8 Å². The van der Waals surface area contributed by atoms with Crippen molar-refractivity contribution < 1.29 is 14.3 Å². The van der Waals surface area contributed by atoms with Gasteiger partial charge in [-0.05, 0) is 38.1 Å². The summed E-state index contributed by atoms with van der Waals surface area (Å²) >= 11 is 0. The Morgan fingerprint density at radius 2 is 2.29 bits per heavy atom. The van der Waals surface area contributed by atoms with Gasteiger partial charge < -0.3 is 15.7 Å². The standard InChI is InChI=1S/C12H17FN2O2/c1-9(16)5-6-14-8-12(17)15-11-4-2-3-10(13)7-11/h2-4,7,9,14,16H,5-6,8H2,1H3,(H,15,17). The lowest BCUT2D eigenvalue weighted by Gasteiger charge is -2.07. The second-order valence-corrected chi connectivity index (χ2v) is 3.87. The lowest BCUT2D eigenvalue weighted by molar-refractivity contribution is -0.115. The van der Waals surface area contributed by atoms with Crippen LogP contribution in [0.1, 0.15) is 13.3 Å². The van der Waals surface area contributed by atoms with Crippen molar-refractivity contribution in [3.63, 3.8) is 0 Å². The number of benzene rings is 1. The van der Waals surface area contributed by atoms with Crippen molar-refractivity contribution in [1.29, 1.82) is 0 Å². The van der Waals surface area contributed by atoms with E-state index in [-0.39, 0.29) is 24.4 Å². The number of halogens is 1. The Morgan fingerprint density at radius 3 is 2.94 bits per heavy atom. The maximum Gasteiger partial charge on any atom is 0.238 e. The van der Waals surface area contributed by atoms with Crippen LogP contribution < -0.4 is 10.6 Å². The number of rotatable bonds is 6. The van der Waals surface area contributed by atoms with Gasteiger partial charge in [-0.25, -0.2) is 4.39 Å². The van der Waals surface area contributed by atoms with E-state index in [0.29, 0.717) is 18.7 Å². The first-order valence-electron chi connectivity index (χ1n) is 5.52. The molecule has 3 N–H and O–H groups in total. The molecule has 4 nitrogen and oxygen atoms in total. The minimum atomic E-state index is -0.384. The van der Waals surface area contributed by atoms with Crippen molar-refractivity contribution in [1.82, 2.24) is 5.32 Å². The first-order valence-corrected chi connectivity index (χ1v) is 5.52. The van der Waals surface area contributed by atoms with Gasteiger partial charge in [-0.2, -0.15) is 0 Å². The number of aliphatic hydroxyl groups excluding tert-OH is 1. The molecular formula is C12H17FN2O2. The van der Waals surface area contributed by atoms with Gasteiger partial charge in [0.05, 0.1) is 12.6 Å². The molecule has 1 aromatic carbocycles. The zero-order valence-electron chi connectivity index (χ0n) is 9.74. The molecule has 1 amide bonds. The maximum absolute atomic E-state index is 12.8. The highest BCUT2D eigenvalue weighted by Crippen LogP contribution is 2.08. The molecule has 1 rings (SSSR count). The van der Waals surface area contributed by atoms with Gasteiger partial charge in [0.1, 0.15) is 5.82 Å². The summed E-state index contributed by atoms with van der Waals surface area (Å²) in [7, 11) is 0. The Hall–Kier alpha value is -1.46. The molecule has 1 aromatic rings. The molecule has 1 unspecified atom stereocenters. The van der Waals surface area contributed by atoms with Gasteiger partial charge in [0.2, 0.25) is 5.91 Å². The van der Waals surface area contributed by atoms with Crippen molar-refractivity contribution >= 4 is 11.6 Å². The van der Waals surface area contributed by atoms with Gasteiger partial charge in [0.25, 0.3) is 0 Å². The minimum Gasteiger partial charge on any atom is -0.393 e. The lowest BCUT2D eigenvalue weighted by atomic mass is 10.3. The Kier molecular flexibility index (Phi) is 5.59. The molecule has 0 spiro atoms. The van der Waals surface area contributed by atoms with Crippen LogP contribution in [0.2, 0.25) is 0 Å². The third-order valence-electron chi connectivity index (χ3n) is 2.13. The third-order valence-corrected chi connectivity index (χ3v) is 2.13. The fraction of sp³-hybridized carbons (Fsp3) is 0.417. The highest BCUT2D eigenvalue weighted by molar-refractivity contribution is 5.92. The second kappa shape index (κ2) is 6.98. The fourth-order valence-electron chi connectivity index (χ4n) is 1.28. The highest BCUT2D eigenvalue weighted by atomic mass is 19.1. The second-order valence-electron chi connectivity index (χ2n) is 3.87. The van der Waals surface area contributed by atoms with E-state index < -0.39 is 0 Å². The first kappa shape index (κ1) is 13.6. The van der Waals surface area contributed by atoms with Crippen LogP contribution in [0.3, 0.4) is 0 Å². The van der Waals surface area contributed by atoms with E-state index in [2.05, 4.69) is 10.6 Å². The Balaban J connectivity index is 2.25. The van der Waals surface area contributed by atoms with E-state index in [1.54, 1.807) is 13.0 Å². The zero-order chi connectivity index (χ0) is 12.7. The molecule has 94 valence electrons. The molecule has 1 atom stereocenters. The highest BCUT2D eigenvalue weighted by Gasteiger charge is 2.02. The summed E-state index contributed by atoms with van der Waals surface area (Å²) in [5, 5.41) is 14.5. The number of hydrogen-bond acceptors (Lipinski definition) is 3. The van der Waals surface area contributed by atoms with Crippen LogP contribution in [0.5, 0.6) is 0 Å². The molecule has 0 aromatic heterocycles. The number of amides is 1. The first-order chi connectivity index (χ1) is 8.08. The number of aliphatic hydroxyl groups is 1. The Bertz CT molecular complexity index is 369. The van der Waals surface area contributed by atoms with Crippen molar-refractivity contribution in [2.24, 2.45) is 0 Å². The van der Waals surface area contributed by atoms with Gasteiger partial charge in [-0.1, -0.05) is 6.07 Å². The SMILES string of the molecule is CC(O)CCNCC(=O)Nc1cccc(F)c1. The van der Waals surface area contributed by atoms with E-state index in [4.69, 9.17) is 5.11 Å². The van der Waals surface area contributed by atoms with Gasteiger partial charge in [-0.15, -0.1) is 0 Å². The van der Waals surface area contributed by atoms with Crippen LogP contribution in [0, 0.1) is 5.82 Å². The van der Waals surface area contributed by atoms with Crippen molar-refractivity contribution in [3.8, 4) is 0 Å². The number of carbonyl (C=O) groups is 1. The van der Waals surface area contributed by atoms with Crippen LogP contribution in [-0.2, 0) is 4.79 Å². The fourth-order valence-corrected chi connectivity index (χ4v) is 1.28. The molecule has 0 fully saturated rings. The van der Waals surface area contributed by atoms with E-state index >= 15 is 0 Å². The van der Waals surface area contributed by atoms with Crippen molar-refractivity contribution in [3.05, 3.63) is 30.1 Å². The van der Waals surface area contributed by atoms with Gasteiger partial charge in [0.15, 0.2) is 0 Å². The largest absolute Gasteiger partial charge is 0.393 e. The molecule has 0 bridgehead atoms. The lowest BCUT2D eigenvalue weighted by Crippen LogP contribution is -2.29. The predicted octanol–water partition coefficient (Wildman–Crippen LogP) is 1.12. The molecule has 0 aliphatic rings. The van der Waals surface area contributed by atoms with Gasteiger partial charge >= 0.3 is 0 Å². The quantitative estimate of drug-likeness (QED) is 0.653. The van der Waals surface area contributed by atoms with E-state index in [1.807, 2.05) is 0 Å². The van der Waals surface area contributed by atoms with Crippen LogP contribution in [0.15, 0.2) is 24.3 Å². The predicted molar refractivity (Wildman–Crippen MR) is 64.2 cm³/mol. The number of hydrogen-bond donors (Lipinski definition) is 3.